The molecule has 2 aromatic carbocycles. The summed E-state index contributed by atoms with van der Waals surface area (Å²) in [5.74, 6) is 0. The predicted molar refractivity (Wildman–Crippen MR) is 121 cm³/mol. The van der Waals surface area contributed by atoms with Crippen molar-refractivity contribution in [1.82, 2.24) is 4.90 Å². The van der Waals surface area contributed by atoms with Gasteiger partial charge in [-0.15, -0.1) is 10.1 Å². The molecule has 8 heteroatoms. The second-order valence-corrected chi connectivity index (χ2v) is 9.06. The number of carbonyl (C=O) groups is 1. The fourth-order valence-electron chi connectivity index (χ4n) is 4.29. The molecule has 1 saturated heterocycles. The number of likely N-dealkylation sites (tertiary alicyclic amines) is 1. The molecular weight excluding hydrogens is 424 g/mol. The minimum absolute atomic E-state index is 0.0298. The van der Waals surface area contributed by atoms with Gasteiger partial charge in [0.05, 0.1) is 19.3 Å². The Labute approximate surface area is 193 Å². The van der Waals surface area contributed by atoms with E-state index in [9.17, 15) is 14.9 Å². The zero-order valence-electron chi connectivity index (χ0n) is 18.7. The molecule has 0 bridgehead atoms. The van der Waals surface area contributed by atoms with Gasteiger partial charge in [0, 0.05) is 6.54 Å². The number of benzene rings is 2. The van der Waals surface area contributed by atoms with Gasteiger partial charge in [0.2, 0.25) is 0 Å². The average Bonchev–Trinajstić information content (AvgIpc) is 3.60. The Morgan fingerprint density at radius 2 is 1.79 bits per heavy atom. The van der Waals surface area contributed by atoms with Crippen molar-refractivity contribution in [2.75, 3.05) is 19.7 Å². The summed E-state index contributed by atoms with van der Waals surface area (Å²) in [5, 5.41) is 9.53. The Morgan fingerprint density at radius 1 is 1.06 bits per heavy atom. The van der Waals surface area contributed by atoms with E-state index in [2.05, 4.69) is 29.1 Å². The van der Waals surface area contributed by atoms with Gasteiger partial charge in [0.15, 0.2) is 0 Å². The number of amides is 1. The lowest BCUT2D eigenvalue weighted by Crippen LogP contribution is -2.44. The van der Waals surface area contributed by atoms with Gasteiger partial charge in [-0.2, -0.15) is 0 Å². The molecule has 1 aliphatic heterocycles. The smallest absolute Gasteiger partial charge is 0.410 e. The summed E-state index contributed by atoms with van der Waals surface area (Å²) in [6.45, 7) is 1.90. The van der Waals surface area contributed by atoms with Crippen molar-refractivity contribution in [2.24, 2.45) is 5.41 Å². The summed E-state index contributed by atoms with van der Waals surface area (Å²) >= 11 is 0. The van der Waals surface area contributed by atoms with Crippen LogP contribution in [0.5, 0.6) is 0 Å². The van der Waals surface area contributed by atoms with Crippen molar-refractivity contribution < 1.29 is 24.2 Å². The number of carbonyl (C=O) groups excluding carboxylic acids is 1. The van der Waals surface area contributed by atoms with Crippen LogP contribution in [-0.2, 0) is 33.9 Å². The van der Waals surface area contributed by atoms with E-state index < -0.39 is 5.09 Å². The van der Waals surface area contributed by atoms with Crippen molar-refractivity contribution in [2.45, 2.75) is 51.4 Å². The highest BCUT2D eigenvalue weighted by Crippen LogP contribution is 2.48. The Balaban J connectivity index is 1.22. The maximum Gasteiger partial charge on any atom is 0.410 e. The lowest BCUT2D eigenvalue weighted by atomic mass is 9.97. The summed E-state index contributed by atoms with van der Waals surface area (Å²) in [4.78, 5) is 29.1. The van der Waals surface area contributed by atoms with Crippen LogP contribution in [0, 0.1) is 15.5 Å². The molecule has 2 aromatic rings. The van der Waals surface area contributed by atoms with E-state index in [1.807, 2.05) is 12.1 Å². The molecule has 1 amide bonds. The van der Waals surface area contributed by atoms with Crippen molar-refractivity contribution in [3.63, 3.8) is 0 Å². The van der Waals surface area contributed by atoms with Gasteiger partial charge in [0.1, 0.15) is 13.2 Å². The maximum absolute atomic E-state index is 12.6. The van der Waals surface area contributed by atoms with Crippen LogP contribution in [-0.4, -0.2) is 41.9 Å². The third-order valence-electron chi connectivity index (χ3n) is 6.33. The molecule has 0 spiro atoms. The van der Waals surface area contributed by atoms with Crippen LogP contribution in [0.4, 0.5) is 4.79 Å². The molecule has 0 N–H and O–H groups in total. The van der Waals surface area contributed by atoms with E-state index in [0.29, 0.717) is 18.7 Å². The van der Waals surface area contributed by atoms with Crippen LogP contribution in [0.15, 0.2) is 54.6 Å². The molecule has 0 aromatic heterocycles. The van der Waals surface area contributed by atoms with Crippen LogP contribution in [0.2, 0.25) is 0 Å². The van der Waals surface area contributed by atoms with Gasteiger partial charge in [-0.3, -0.25) is 0 Å². The Hall–Kier alpha value is -3.13. The zero-order valence-corrected chi connectivity index (χ0v) is 18.7. The molecule has 33 heavy (non-hydrogen) atoms. The van der Waals surface area contributed by atoms with Crippen LogP contribution in [0.3, 0.4) is 0 Å². The van der Waals surface area contributed by atoms with Crippen LogP contribution < -0.4 is 0 Å². The van der Waals surface area contributed by atoms with E-state index >= 15 is 0 Å². The highest BCUT2D eigenvalue weighted by molar-refractivity contribution is 5.67. The number of ether oxygens (including phenoxy) is 2. The second-order valence-electron chi connectivity index (χ2n) is 9.06. The van der Waals surface area contributed by atoms with E-state index in [-0.39, 0.29) is 30.8 Å². The highest BCUT2D eigenvalue weighted by atomic mass is 16.9. The highest BCUT2D eigenvalue weighted by Gasteiger charge is 2.43. The quantitative estimate of drug-likeness (QED) is 0.387. The molecule has 176 valence electrons. The van der Waals surface area contributed by atoms with Gasteiger partial charge >= 0.3 is 6.09 Å². The number of rotatable bonds is 10. The van der Waals surface area contributed by atoms with Gasteiger partial charge in [0.25, 0.3) is 5.09 Å². The average molecular weight is 455 g/mol. The third kappa shape index (κ3) is 6.92. The lowest BCUT2D eigenvalue weighted by molar-refractivity contribution is -0.763. The topological polar surface area (TPSA) is 91.1 Å². The normalized spacial score (nSPS) is 19.0. The fourth-order valence-corrected chi connectivity index (χ4v) is 4.29. The zero-order chi connectivity index (χ0) is 23.1. The molecular formula is C25H30N2O6. The van der Waals surface area contributed by atoms with Gasteiger partial charge < -0.3 is 19.2 Å². The molecule has 1 aliphatic carbocycles. The SMILES string of the molecule is O=C(OCc1cccc(CO[N+](=O)[O-])c1)N1CCCC(OCC2(Cc3ccccc3)CC2)C1. The van der Waals surface area contributed by atoms with Crippen molar-refractivity contribution >= 4 is 6.09 Å². The first kappa shape index (κ1) is 23.0. The van der Waals surface area contributed by atoms with E-state index in [4.69, 9.17) is 9.47 Å². The van der Waals surface area contributed by atoms with Gasteiger partial charge in [-0.05, 0) is 54.2 Å². The summed E-state index contributed by atoms with van der Waals surface area (Å²) in [7, 11) is 0. The molecule has 0 radical (unpaired) electrons. The van der Waals surface area contributed by atoms with E-state index in [1.165, 1.54) is 18.4 Å². The van der Waals surface area contributed by atoms with E-state index in [0.717, 1.165) is 31.4 Å². The first-order valence-electron chi connectivity index (χ1n) is 11.4. The maximum atomic E-state index is 12.6. The molecule has 1 saturated carbocycles. The summed E-state index contributed by atoms with van der Waals surface area (Å²) in [5.41, 5.74) is 3.00. The summed E-state index contributed by atoms with van der Waals surface area (Å²) in [6.07, 6.45) is 4.92. The van der Waals surface area contributed by atoms with Crippen molar-refractivity contribution in [3.05, 3.63) is 81.4 Å². The number of hydrogen-bond donors (Lipinski definition) is 0. The fraction of sp³-hybridized carbons (Fsp3) is 0.480. The number of hydrogen-bond acceptors (Lipinski definition) is 6. The summed E-state index contributed by atoms with van der Waals surface area (Å²) in [6, 6.07) is 17.6. The van der Waals surface area contributed by atoms with Gasteiger partial charge in [-0.25, -0.2) is 4.79 Å². The van der Waals surface area contributed by atoms with Crippen molar-refractivity contribution in [3.8, 4) is 0 Å². The monoisotopic (exact) mass is 454 g/mol. The Morgan fingerprint density at radius 3 is 2.52 bits per heavy atom. The number of piperidine rings is 1. The third-order valence-corrected chi connectivity index (χ3v) is 6.33. The first-order chi connectivity index (χ1) is 16.0. The predicted octanol–water partition coefficient (Wildman–Crippen LogP) is 4.54. The minimum Gasteiger partial charge on any atom is -0.445 e. The molecule has 8 nitrogen and oxygen atoms in total. The summed E-state index contributed by atoms with van der Waals surface area (Å²) < 4.78 is 11.8. The molecule has 2 aliphatic rings. The van der Waals surface area contributed by atoms with Crippen molar-refractivity contribution in [1.29, 1.82) is 0 Å². The molecule has 1 atom stereocenters. The number of nitrogens with zero attached hydrogens (tertiary/aromatic N) is 2. The van der Waals surface area contributed by atoms with Gasteiger partial charge in [-0.1, -0.05) is 54.6 Å². The standard InChI is InChI=1S/C25H30N2O6/c28-24(31-17-21-8-4-9-22(14-21)18-33-27(29)30)26-13-5-10-23(16-26)32-19-25(11-12-25)15-20-6-2-1-3-7-20/h1-4,6-9,14,23H,5,10-13,15-19H2. The largest absolute Gasteiger partial charge is 0.445 e. The Bertz CT molecular complexity index is 947. The molecule has 4 rings (SSSR count). The van der Waals surface area contributed by atoms with Crippen LogP contribution in [0.25, 0.3) is 0 Å². The van der Waals surface area contributed by atoms with E-state index in [1.54, 1.807) is 23.1 Å². The minimum atomic E-state index is -0.825. The molecule has 1 heterocycles. The first-order valence-corrected chi connectivity index (χ1v) is 11.4. The molecule has 1 unspecified atom stereocenters. The van der Waals surface area contributed by atoms with Crippen LogP contribution in [0.1, 0.15) is 42.4 Å². The second kappa shape index (κ2) is 10.7. The Kier molecular flexibility index (Phi) is 7.44. The molecule has 2 fully saturated rings. The lowest BCUT2D eigenvalue weighted by Gasteiger charge is -2.33. The van der Waals surface area contributed by atoms with Crippen LogP contribution >= 0.6 is 0 Å².